The average molecular weight is 540 g/mol. The van der Waals surface area contributed by atoms with Crippen molar-refractivity contribution in [3.8, 4) is 0 Å². The summed E-state index contributed by atoms with van der Waals surface area (Å²) in [5.41, 5.74) is -0.0484. The molecule has 8 heteroatoms. The zero-order valence-electron chi connectivity index (χ0n) is 17.3. The summed E-state index contributed by atoms with van der Waals surface area (Å²) in [5, 5.41) is 2.48. The van der Waals surface area contributed by atoms with E-state index in [4.69, 9.17) is 4.74 Å². The van der Waals surface area contributed by atoms with Crippen LogP contribution in [0.4, 0.5) is 0 Å². The monoisotopic (exact) mass is 538 g/mol. The molecule has 0 unspecified atom stereocenters. The fourth-order valence-corrected chi connectivity index (χ4v) is 3.32. The molecule has 0 spiro atoms. The SMILES string of the molecule is CCOC(=O)CN(C(=O)c1ccc(Br)cc1)N(C(=O)c1ccc(Br)cc1)C(C)(C)C. The van der Waals surface area contributed by atoms with Crippen molar-refractivity contribution >= 4 is 49.6 Å². The van der Waals surface area contributed by atoms with Crippen LogP contribution in [0.3, 0.4) is 0 Å². The van der Waals surface area contributed by atoms with Crippen LogP contribution in [0.5, 0.6) is 0 Å². The Bertz CT molecular complexity index is 906. The molecule has 0 fully saturated rings. The molecule has 0 aliphatic carbocycles. The molecule has 0 aromatic heterocycles. The second kappa shape index (κ2) is 10.2. The Balaban J connectivity index is 2.52. The number of hydrogen-bond donors (Lipinski definition) is 0. The maximum Gasteiger partial charge on any atom is 0.327 e. The molecule has 0 saturated heterocycles. The van der Waals surface area contributed by atoms with Crippen molar-refractivity contribution in [1.82, 2.24) is 10.0 Å². The van der Waals surface area contributed by atoms with Gasteiger partial charge in [-0.15, -0.1) is 0 Å². The Morgan fingerprint density at radius 2 is 1.27 bits per heavy atom. The molecule has 0 N–H and O–H groups in total. The maximum atomic E-state index is 13.4. The van der Waals surface area contributed by atoms with Crippen molar-refractivity contribution in [2.75, 3.05) is 13.2 Å². The minimum Gasteiger partial charge on any atom is -0.465 e. The van der Waals surface area contributed by atoms with E-state index >= 15 is 0 Å². The molecule has 0 aliphatic heterocycles. The Labute approximate surface area is 193 Å². The number of amides is 2. The number of halogens is 2. The predicted molar refractivity (Wildman–Crippen MR) is 122 cm³/mol. The molecular weight excluding hydrogens is 516 g/mol. The van der Waals surface area contributed by atoms with Crippen molar-refractivity contribution in [1.29, 1.82) is 0 Å². The summed E-state index contributed by atoms with van der Waals surface area (Å²) in [4.78, 5) is 39.1. The van der Waals surface area contributed by atoms with Gasteiger partial charge in [-0.2, -0.15) is 0 Å². The van der Waals surface area contributed by atoms with Crippen LogP contribution in [0.1, 0.15) is 48.4 Å². The predicted octanol–water partition coefficient (Wildman–Crippen LogP) is 5.07. The van der Waals surface area contributed by atoms with E-state index in [1.807, 2.05) is 0 Å². The van der Waals surface area contributed by atoms with Crippen molar-refractivity contribution in [2.45, 2.75) is 33.2 Å². The third kappa shape index (κ3) is 6.15. The van der Waals surface area contributed by atoms with Gasteiger partial charge in [-0.25, -0.2) is 10.0 Å². The number of benzene rings is 2. The fraction of sp³-hybridized carbons (Fsp3) is 0.318. The summed E-state index contributed by atoms with van der Waals surface area (Å²) in [6, 6.07) is 13.6. The zero-order chi connectivity index (χ0) is 22.5. The minimum absolute atomic E-state index is 0.176. The standard InChI is InChI=1S/C22H24Br2N2O4/c1-5-30-19(27)14-25(20(28)15-6-10-17(23)11-7-15)26(22(2,3)4)21(29)16-8-12-18(24)13-9-16/h6-13H,5,14H2,1-4H3. The third-order valence-corrected chi connectivity index (χ3v) is 5.13. The van der Waals surface area contributed by atoms with E-state index < -0.39 is 23.3 Å². The van der Waals surface area contributed by atoms with Gasteiger partial charge in [-0.3, -0.25) is 14.4 Å². The Hall–Kier alpha value is -2.19. The first kappa shape index (κ1) is 24.1. The number of carbonyl (C=O) groups is 3. The van der Waals surface area contributed by atoms with Gasteiger partial charge in [0.05, 0.1) is 12.1 Å². The molecule has 30 heavy (non-hydrogen) atoms. The van der Waals surface area contributed by atoms with E-state index in [0.717, 1.165) is 14.0 Å². The summed E-state index contributed by atoms with van der Waals surface area (Å²) in [6.07, 6.45) is 0. The van der Waals surface area contributed by atoms with Gasteiger partial charge in [0, 0.05) is 20.1 Å². The molecule has 2 amide bonds. The second-order valence-corrected chi connectivity index (χ2v) is 9.30. The molecule has 0 saturated carbocycles. The van der Waals surface area contributed by atoms with Gasteiger partial charge in [-0.05, 0) is 76.2 Å². The quantitative estimate of drug-likeness (QED) is 0.393. The van der Waals surface area contributed by atoms with E-state index in [-0.39, 0.29) is 13.2 Å². The fourth-order valence-electron chi connectivity index (χ4n) is 2.79. The van der Waals surface area contributed by atoms with Gasteiger partial charge in [0.25, 0.3) is 11.8 Å². The van der Waals surface area contributed by atoms with Crippen LogP contribution in [0.2, 0.25) is 0 Å². The first-order valence-corrected chi connectivity index (χ1v) is 11.0. The molecule has 2 aromatic carbocycles. The van der Waals surface area contributed by atoms with Crippen LogP contribution in [0, 0.1) is 0 Å². The molecule has 2 rings (SSSR count). The molecular formula is C22H24Br2N2O4. The van der Waals surface area contributed by atoms with E-state index in [9.17, 15) is 14.4 Å². The summed E-state index contributed by atoms with van der Waals surface area (Å²) in [6.45, 7) is 6.88. The molecule has 6 nitrogen and oxygen atoms in total. The lowest BCUT2D eigenvalue weighted by Gasteiger charge is -2.43. The highest BCUT2D eigenvalue weighted by Crippen LogP contribution is 2.24. The van der Waals surface area contributed by atoms with Gasteiger partial charge in [0.2, 0.25) is 0 Å². The molecule has 0 atom stereocenters. The van der Waals surface area contributed by atoms with Gasteiger partial charge in [0.15, 0.2) is 0 Å². The maximum absolute atomic E-state index is 13.4. The van der Waals surface area contributed by atoms with E-state index in [0.29, 0.717) is 11.1 Å². The van der Waals surface area contributed by atoms with E-state index in [2.05, 4.69) is 31.9 Å². The zero-order valence-corrected chi connectivity index (χ0v) is 20.5. The topological polar surface area (TPSA) is 66.9 Å². The number of esters is 1. The molecule has 160 valence electrons. The van der Waals surface area contributed by atoms with E-state index in [1.54, 1.807) is 76.2 Å². The Morgan fingerprint density at radius 3 is 1.67 bits per heavy atom. The van der Waals surface area contributed by atoms with Crippen LogP contribution in [-0.4, -0.2) is 46.5 Å². The lowest BCUT2D eigenvalue weighted by molar-refractivity contribution is -0.148. The Kier molecular flexibility index (Phi) is 8.20. The van der Waals surface area contributed by atoms with Crippen molar-refractivity contribution in [3.05, 3.63) is 68.6 Å². The normalized spacial score (nSPS) is 11.0. The third-order valence-electron chi connectivity index (χ3n) is 4.07. The molecule has 0 bridgehead atoms. The minimum atomic E-state index is -0.790. The number of rotatable bonds is 5. The Morgan fingerprint density at radius 1 is 0.833 bits per heavy atom. The van der Waals surface area contributed by atoms with Crippen molar-refractivity contribution in [2.24, 2.45) is 0 Å². The summed E-state index contributed by atoms with van der Waals surface area (Å²) >= 11 is 6.70. The van der Waals surface area contributed by atoms with Gasteiger partial charge < -0.3 is 4.74 Å². The van der Waals surface area contributed by atoms with Crippen LogP contribution in [0.15, 0.2) is 57.5 Å². The molecule has 0 heterocycles. The van der Waals surface area contributed by atoms with Crippen molar-refractivity contribution in [3.63, 3.8) is 0 Å². The van der Waals surface area contributed by atoms with Crippen LogP contribution < -0.4 is 0 Å². The first-order valence-electron chi connectivity index (χ1n) is 9.37. The number of hydrogen-bond acceptors (Lipinski definition) is 4. The highest BCUT2D eigenvalue weighted by Gasteiger charge is 2.37. The van der Waals surface area contributed by atoms with Gasteiger partial charge >= 0.3 is 5.97 Å². The lowest BCUT2D eigenvalue weighted by atomic mass is 10.1. The summed E-state index contributed by atoms with van der Waals surface area (Å²) < 4.78 is 6.70. The highest BCUT2D eigenvalue weighted by molar-refractivity contribution is 9.10. The number of carbonyl (C=O) groups excluding carboxylic acids is 3. The van der Waals surface area contributed by atoms with Crippen LogP contribution in [-0.2, 0) is 9.53 Å². The number of ether oxygens (including phenoxy) is 1. The van der Waals surface area contributed by atoms with Crippen LogP contribution in [0.25, 0.3) is 0 Å². The number of hydrazine groups is 1. The van der Waals surface area contributed by atoms with Crippen molar-refractivity contribution < 1.29 is 19.1 Å². The van der Waals surface area contributed by atoms with Crippen LogP contribution >= 0.6 is 31.9 Å². The first-order chi connectivity index (χ1) is 14.0. The molecule has 0 radical (unpaired) electrons. The second-order valence-electron chi connectivity index (χ2n) is 7.47. The summed E-state index contributed by atoms with van der Waals surface area (Å²) in [7, 11) is 0. The molecule has 2 aromatic rings. The lowest BCUT2D eigenvalue weighted by Crippen LogP contribution is -2.59. The van der Waals surface area contributed by atoms with E-state index in [1.165, 1.54) is 5.01 Å². The van der Waals surface area contributed by atoms with Gasteiger partial charge in [0.1, 0.15) is 6.54 Å². The summed E-state index contributed by atoms with van der Waals surface area (Å²) in [5.74, 6) is -1.47. The smallest absolute Gasteiger partial charge is 0.327 e. The largest absolute Gasteiger partial charge is 0.465 e. The highest BCUT2D eigenvalue weighted by atomic mass is 79.9. The average Bonchev–Trinajstić information content (AvgIpc) is 2.67. The van der Waals surface area contributed by atoms with Gasteiger partial charge in [-0.1, -0.05) is 31.9 Å². The molecule has 0 aliphatic rings. The number of nitrogens with zero attached hydrogens (tertiary/aromatic N) is 2.